The summed E-state index contributed by atoms with van der Waals surface area (Å²) in [4.78, 5) is 4.47. The molecule has 0 spiro atoms. The highest BCUT2D eigenvalue weighted by molar-refractivity contribution is 6.20. The van der Waals surface area contributed by atoms with Crippen molar-refractivity contribution in [3.63, 3.8) is 0 Å². The van der Waals surface area contributed by atoms with Crippen molar-refractivity contribution in [1.29, 1.82) is 0 Å². The Bertz CT molecular complexity index is 815. The van der Waals surface area contributed by atoms with Crippen LogP contribution in [-0.2, 0) is 7.05 Å². The first-order valence-electron chi connectivity index (χ1n) is 6.41. The number of benzene rings is 1. The van der Waals surface area contributed by atoms with Crippen molar-refractivity contribution in [1.82, 2.24) is 19.3 Å². The van der Waals surface area contributed by atoms with Crippen molar-refractivity contribution in [2.45, 2.75) is 19.2 Å². The molecule has 0 fully saturated rings. The second kappa shape index (κ2) is 4.80. The van der Waals surface area contributed by atoms with E-state index in [1.807, 2.05) is 6.92 Å². The van der Waals surface area contributed by atoms with Gasteiger partial charge in [0, 0.05) is 13.1 Å². The second-order valence-corrected chi connectivity index (χ2v) is 5.58. The quantitative estimate of drug-likeness (QED) is 0.677. The monoisotopic (exact) mass is 310 g/mol. The van der Waals surface area contributed by atoms with E-state index in [4.69, 9.17) is 11.6 Å². The van der Waals surface area contributed by atoms with Crippen LogP contribution in [0.4, 0.5) is 8.78 Å². The maximum Gasteiger partial charge on any atom is 0.163 e. The molecule has 1 aromatic carbocycles. The molecule has 0 radical (unpaired) electrons. The van der Waals surface area contributed by atoms with Gasteiger partial charge >= 0.3 is 0 Å². The van der Waals surface area contributed by atoms with Gasteiger partial charge in [0.15, 0.2) is 5.65 Å². The number of aromatic nitrogens is 4. The first kappa shape index (κ1) is 14.0. The molecule has 2 aromatic heterocycles. The molecule has 1 unspecified atom stereocenters. The molecule has 3 aromatic rings. The van der Waals surface area contributed by atoms with Gasteiger partial charge in [-0.25, -0.2) is 18.4 Å². The summed E-state index contributed by atoms with van der Waals surface area (Å²) >= 11 is 6.17. The Hall–Kier alpha value is -1.95. The standard InChI is InChI=1S/C14H13ClF2N4/c1-7(15)13-18-12-8(2)19-20(3)14(12)21(13)11-5-9(16)4-10(17)6-11/h4-7H,1-3H3. The molecule has 7 heteroatoms. The Morgan fingerprint density at radius 1 is 1.19 bits per heavy atom. The summed E-state index contributed by atoms with van der Waals surface area (Å²) in [5.41, 5.74) is 2.40. The number of alkyl halides is 1. The van der Waals surface area contributed by atoms with Gasteiger partial charge < -0.3 is 0 Å². The van der Waals surface area contributed by atoms with E-state index in [1.54, 1.807) is 23.2 Å². The average molecular weight is 311 g/mol. The van der Waals surface area contributed by atoms with E-state index in [1.165, 1.54) is 12.1 Å². The molecule has 0 N–H and O–H groups in total. The molecule has 0 saturated heterocycles. The molecule has 21 heavy (non-hydrogen) atoms. The van der Waals surface area contributed by atoms with Crippen LogP contribution in [0.1, 0.15) is 23.8 Å². The highest BCUT2D eigenvalue weighted by Crippen LogP contribution is 2.29. The van der Waals surface area contributed by atoms with Crippen molar-refractivity contribution < 1.29 is 8.78 Å². The van der Waals surface area contributed by atoms with Crippen LogP contribution in [0, 0.1) is 18.6 Å². The molecule has 4 nitrogen and oxygen atoms in total. The summed E-state index contributed by atoms with van der Waals surface area (Å²) in [6.07, 6.45) is 0. The molecular weight excluding hydrogens is 298 g/mol. The van der Waals surface area contributed by atoms with Gasteiger partial charge in [-0.05, 0) is 26.0 Å². The Morgan fingerprint density at radius 3 is 2.38 bits per heavy atom. The zero-order valence-corrected chi connectivity index (χ0v) is 12.5. The minimum atomic E-state index is -0.654. The normalized spacial score (nSPS) is 13.0. The highest BCUT2D eigenvalue weighted by atomic mass is 35.5. The zero-order valence-electron chi connectivity index (χ0n) is 11.7. The predicted octanol–water partition coefficient (Wildman–Crippen LogP) is 3.65. The Labute approximate surface area is 125 Å². The Morgan fingerprint density at radius 2 is 1.81 bits per heavy atom. The van der Waals surface area contributed by atoms with Crippen LogP contribution in [0.2, 0.25) is 0 Å². The van der Waals surface area contributed by atoms with Crippen LogP contribution in [0.3, 0.4) is 0 Å². The molecule has 0 aliphatic carbocycles. The number of rotatable bonds is 2. The van der Waals surface area contributed by atoms with E-state index >= 15 is 0 Å². The van der Waals surface area contributed by atoms with E-state index in [-0.39, 0.29) is 0 Å². The summed E-state index contributed by atoms with van der Waals surface area (Å²) in [5.74, 6) is -0.786. The fourth-order valence-electron chi connectivity index (χ4n) is 2.48. The van der Waals surface area contributed by atoms with Crippen molar-refractivity contribution in [3.8, 4) is 5.69 Å². The summed E-state index contributed by atoms with van der Waals surface area (Å²) in [5, 5.41) is 3.87. The maximum atomic E-state index is 13.5. The number of fused-ring (bicyclic) bond motifs is 1. The molecule has 0 aliphatic heterocycles. The highest BCUT2D eigenvalue weighted by Gasteiger charge is 2.21. The summed E-state index contributed by atoms with van der Waals surface area (Å²) < 4.78 is 30.3. The molecule has 2 heterocycles. The zero-order chi connectivity index (χ0) is 15.3. The first-order valence-corrected chi connectivity index (χ1v) is 6.84. The predicted molar refractivity (Wildman–Crippen MR) is 76.8 cm³/mol. The molecule has 110 valence electrons. The van der Waals surface area contributed by atoms with Gasteiger partial charge in [-0.1, -0.05) is 0 Å². The third-order valence-electron chi connectivity index (χ3n) is 3.29. The van der Waals surface area contributed by atoms with Gasteiger partial charge in [0.2, 0.25) is 0 Å². The first-order chi connectivity index (χ1) is 9.88. The molecule has 0 aliphatic rings. The number of imidazole rings is 1. The van der Waals surface area contributed by atoms with Gasteiger partial charge in [-0.15, -0.1) is 11.6 Å². The molecule has 0 amide bonds. The lowest BCUT2D eigenvalue weighted by molar-refractivity contribution is 0.581. The van der Waals surface area contributed by atoms with Crippen LogP contribution in [0.15, 0.2) is 18.2 Å². The number of halogens is 3. The fourth-order valence-corrected chi connectivity index (χ4v) is 2.63. The summed E-state index contributed by atoms with van der Waals surface area (Å²) in [7, 11) is 1.76. The van der Waals surface area contributed by atoms with Crippen molar-refractivity contribution in [2.24, 2.45) is 7.05 Å². The molecular formula is C14H13ClF2N4. The van der Waals surface area contributed by atoms with Gasteiger partial charge in [0.25, 0.3) is 0 Å². The van der Waals surface area contributed by atoms with Crippen LogP contribution in [-0.4, -0.2) is 19.3 Å². The minimum absolute atomic E-state index is 0.334. The number of hydrogen-bond donors (Lipinski definition) is 0. The van der Waals surface area contributed by atoms with Gasteiger partial charge in [0.1, 0.15) is 23.0 Å². The third-order valence-corrected chi connectivity index (χ3v) is 3.48. The Balaban J connectivity index is 2.41. The number of aryl methyl sites for hydroxylation is 2. The van der Waals surface area contributed by atoms with E-state index in [9.17, 15) is 8.78 Å². The van der Waals surface area contributed by atoms with Crippen LogP contribution >= 0.6 is 11.6 Å². The molecule has 1 atom stereocenters. The lowest BCUT2D eigenvalue weighted by Crippen LogP contribution is -2.06. The van der Waals surface area contributed by atoms with E-state index in [0.29, 0.717) is 22.7 Å². The maximum absolute atomic E-state index is 13.5. The fraction of sp³-hybridized carbons (Fsp3) is 0.286. The van der Waals surface area contributed by atoms with Gasteiger partial charge in [-0.3, -0.25) is 4.57 Å². The molecule has 0 saturated carbocycles. The van der Waals surface area contributed by atoms with E-state index in [2.05, 4.69) is 10.1 Å². The average Bonchev–Trinajstić information content (AvgIpc) is 2.88. The largest absolute Gasteiger partial charge is 0.279 e. The number of hydrogen-bond acceptors (Lipinski definition) is 2. The van der Waals surface area contributed by atoms with E-state index in [0.717, 1.165) is 11.8 Å². The van der Waals surface area contributed by atoms with Crippen molar-refractivity contribution in [3.05, 3.63) is 41.4 Å². The SMILES string of the molecule is Cc1nn(C)c2c1nc(C(C)Cl)n2-c1cc(F)cc(F)c1. The Kier molecular flexibility index (Phi) is 3.20. The topological polar surface area (TPSA) is 35.6 Å². The third kappa shape index (κ3) is 2.19. The minimum Gasteiger partial charge on any atom is -0.279 e. The van der Waals surface area contributed by atoms with E-state index < -0.39 is 17.0 Å². The lowest BCUT2D eigenvalue weighted by atomic mass is 10.3. The second-order valence-electron chi connectivity index (χ2n) is 4.93. The smallest absolute Gasteiger partial charge is 0.163 e. The van der Waals surface area contributed by atoms with Crippen LogP contribution in [0.25, 0.3) is 16.9 Å². The number of nitrogens with zero attached hydrogens (tertiary/aromatic N) is 4. The van der Waals surface area contributed by atoms with Crippen LogP contribution < -0.4 is 0 Å². The van der Waals surface area contributed by atoms with Crippen molar-refractivity contribution >= 4 is 22.8 Å². The van der Waals surface area contributed by atoms with Crippen LogP contribution in [0.5, 0.6) is 0 Å². The van der Waals surface area contributed by atoms with Gasteiger partial charge in [-0.2, -0.15) is 5.10 Å². The lowest BCUT2D eigenvalue weighted by Gasteiger charge is -2.11. The molecule has 3 rings (SSSR count). The van der Waals surface area contributed by atoms with Crippen molar-refractivity contribution in [2.75, 3.05) is 0 Å². The summed E-state index contributed by atoms with van der Waals surface area (Å²) in [6, 6.07) is 3.32. The van der Waals surface area contributed by atoms with Gasteiger partial charge in [0.05, 0.1) is 16.8 Å². The molecule has 0 bridgehead atoms. The summed E-state index contributed by atoms with van der Waals surface area (Å²) in [6.45, 7) is 3.59.